The van der Waals surface area contributed by atoms with Crippen LogP contribution in [0.1, 0.15) is 43.1 Å². The summed E-state index contributed by atoms with van der Waals surface area (Å²) in [5.41, 5.74) is 9.30. The fourth-order valence-electron chi connectivity index (χ4n) is 2.06. The van der Waals surface area contributed by atoms with Crippen molar-refractivity contribution in [1.82, 2.24) is 0 Å². The molecule has 0 amide bonds. The molecule has 0 aliphatic rings. The lowest BCUT2D eigenvalue weighted by Gasteiger charge is -2.22. The van der Waals surface area contributed by atoms with Crippen molar-refractivity contribution in [1.29, 1.82) is 0 Å². The fourth-order valence-corrected chi connectivity index (χ4v) is 2.06. The topological polar surface area (TPSA) is 46.2 Å². The minimum absolute atomic E-state index is 0.179. The highest BCUT2D eigenvalue weighted by molar-refractivity contribution is 5.32. The van der Waals surface area contributed by atoms with Crippen LogP contribution in [0.2, 0.25) is 0 Å². The van der Waals surface area contributed by atoms with Crippen molar-refractivity contribution >= 4 is 0 Å². The van der Waals surface area contributed by atoms with Gasteiger partial charge in [0.15, 0.2) is 0 Å². The Balaban J connectivity index is 2.83. The van der Waals surface area contributed by atoms with Crippen molar-refractivity contribution in [3.63, 3.8) is 0 Å². The maximum Gasteiger partial charge on any atom is 0.0943 e. The van der Waals surface area contributed by atoms with Crippen LogP contribution < -0.4 is 5.73 Å². The number of aliphatic hydroxyl groups is 1. The van der Waals surface area contributed by atoms with Crippen molar-refractivity contribution in [2.45, 2.75) is 46.3 Å². The van der Waals surface area contributed by atoms with Gasteiger partial charge in [-0.15, -0.1) is 0 Å². The van der Waals surface area contributed by atoms with Gasteiger partial charge in [-0.3, -0.25) is 0 Å². The largest absolute Gasteiger partial charge is 0.387 e. The average Bonchev–Trinajstić information content (AvgIpc) is 2.15. The van der Waals surface area contributed by atoms with E-state index in [-0.39, 0.29) is 6.04 Å². The van der Waals surface area contributed by atoms with Crippen LogP contribution in [-0.4, -0.2) is 11.1 Å². The van der Waals surface area contributed by atoms with E-state index >= 15 is 0 Å². The van der Waals surface area contributed by atoms with Gasteiger partial charge < -0.3 is 10.8 Å². The summed E-state index contributed by atoms with van der Waals surface area (Å²) in [7, 11) is 0. The van der Waals surface area contributed by atoms with Gasteiger partial charge in [-0.2, -0.15) is 0 Å². The quantitative estimate of drug-likeness (QED) is 0.821. The molecule has 0 radical (unpaired) electrons. The summed E-state index contributed by atoms with van der Waals surface area (Å²) in [5.74, 6) is 0.510. The van der Waals surface area contributed by atoms with Crippen LogP contribution >= 0.6 is 0 Å². The molecule has 0 aromatic heterocycles. The van der Waals surface area contributed by atoms with Gasteiger partial charge in [-0.05, 0) is 37.3 Å². The van der Waals surface area contributed by atoms with E-state index in [2.05, 4.69) is 26.8 Å². The Bertz CT molecular complexity index is 347. The third-order valence-electron chi connectivity index (χ3n) is 2.89. The normalized spacial score (nSPS) is 15.2. The SMILES string of the molecule is Cc1ccc(C(O)C(N)CC(C)C)c(C)c1. The molecule has 90 valence electrons. The van der Waals surface area contributed by atoms with Crippen molar-refractivity contribution in [3.8, 4) is 0 Å². The first-order valence-corrected chi connectivity index (χ1v) is 5.92. The second-order valence-corrected chi connectivity index (χ2v) is 5.10. The van der Waals surface area contributed by atoms with E-state index in [0.717, 1.165) is 17.5 Å². The zero-order chi connectivity index (χ0) is 12.3. The number of hydrogen-bond acceptors (Lipinski definition) is 2. The Kier molecular flexibility index (Phi) is 4.51. The van der Waals surface area contributed by atoms with Crippen molar-refractivity contribution < 1.29 is 5.11 Å². The zero-order valence-electron chi connectivity index (χ0n) is 10.7. The zero-order valence-corrected chi connectivity index (χ0v) is 10.7. The lowest BCUT2D eigenvalue weighted by Crippen LogP contribution is -2.30. The Morgan fingerprint density at radius 3 is 2.38 bits per heavy atom. The highest BCUT2D eigenvalue weighted by Crippen LogP contribution is 2.23. The van der Waals surface area contributed by atoms with Gasteiger partial charge in [0.1, 0.15) is 0 Å². The van der Waals surface area contributed by atoms with Gasteiger partial charge in [-0.25, -0.2) is 0 Å². The lowest BCUT2D eigenvalue weighted by atomic mass is 9.92. The van der Waals surface area contributed by atoms with E-state index in [1.54, 1.807) is 0 Å². The predicted octanol–water partition coefficient (Wildman–Crippen LogP) is 2.71. The van der Waals surface area contributed by atoms with Crippen LogP contribution in [0, 0.1) is 19.8 Å². The van der Waals surface area contributed by atoms with Gasteiger partial charge in [0.05, 0.1) is 6.10 Å². The van der Waals surface area contributed by atoms with Crippen LogP contribution in [0.4, 0.5) is 0 Å². The molecule has 0 bridgehead atoms. The Hall–Kier alpha value is -0.860. The van der Waals surface area contributed by atoms with Crippen molar-refractivity contribution in [3.05, 3.63) is 34.9 Å². The number of hydrogen-bond donors (Lipinski definition) is 2. The summed E-state index contributed by atoms with van der Waals surface area (Å²) < 4.78 is 0. The highest BCUT2D eigenvalue weighted by Gasteiger charge is 2.19. The van der Waals surface area contributed by atoms with Gasteiger partial charge >= 0.3 is 0 Å². The molecule has 2 heteroatoms. The van der Waals surface area contributed by atoms with Crippen molar-refractivity contribution in [2.75, 3.05) is 0 Å². The maximum absolute atomic E-state index is 10.2. The number of benzene rings is 1. The molecule has 3 N–H and O–H groups in total. The summed E-state index contributed by atoms with van der Waals surface area (Å²) >= 11 is 0. The van der Waals surface area contributed by atoms with E-state index in [4.69, 9.17) is 5.73 Å². The summed E-state index contributed by atoms with van der Waals surface area (Å²) in [5, 5.41) is 10.2. The standard InChI is InChI=1S/C14H23NO/c1-9(2)7-13(15)14(16)12-6-5-10(3)8-11(12)4/h5-6,8-9,13-14,16H,7,15H2,1-4H3. The van der Waals surface area contributed by atoms with Crippen LogP contribution in [0.5, 0.6) is 0 Å². The van der Waals surface area contributed by atoms with Crippen molar-refractivity contribution in [2.24, 2.45) is 11.7 Å². The number of aliphatic hydroxyl groups excluding tert-OH is 1. The molecule has 0 aliphatic carbocycles. The summed E-state index contributed by atoms with van der Waals surface area (Å²) in [4.78, 5) is 0. The molecule has 1 aromatic rings. The average molecular weight is 221 g/mol. The highest BCUT2D eigenvalue weighted by atomic mass is 16.3. The minimum atomic E-state index is -0.553. The molecule has 1 aromatic carbocycles. The first kappa shape index (κ1) is 13.2. The van der Waals surface area contributed by atoms with Crippen LogP contribution in [-0.2, 0) is 0 Å². The fraction of sp³-hybridized carbons (Fsp3) is 0.571. The van der Waals surface area contributed by atoms with Gasteiger partial charge in [0.25, 0.3) is 0 Å². The van der Waals surface area contributed by atoms with E-state index in [9.17, 15) is 5.11 Å². The van der Waals surface area contributed by atoms with Crippen LogP contribution in [0.15, 0.2) is 18.2 Å². The molecule has 0 heterocycles. The number of aryl methyl sites for hydroxylation is 2. The molecule has 0 saturated heterocycles. The number of rotatable bonds is 4. The molecule has 2 nitrogen and oxygen atoms in total. The molecule has 0 fully saturated rings. The van der Waals surface area contributed by atoms with Gasteiger partial charge in [0.2, 0.25) is 0 Å². The molecule has 0 saturated carbocycles. The second kappa shape index (κ2) is 5.46. The second-order valence-electron chi connectivity index (χ2n) is 5.10. The third kappa shape index (κ3) is 3.32. The predicted molar refractivity (Wildman–Crippen MR) is 68.3 cm³/mol. The summed E-state index contributed by atoms with van der Waals surface area (Å²) in [6, 6.07) is 5.91. The first-order valence-electron chi connectivity index (χ1n) is 5.92. The monoisotopic (exact) mass is 221 g/mol. The molecular weight excluding hydrogens is 198 g/mol. The smallest absolute Gasteiger partial charge is 0.0943 e. The first-order chi connectivity index (χ1) is 7.41. The van der Waals surface area contributed by atoms with E-state index in [1.807, 2.05) is 19.1 Å². The molecule has 1 rings (SSSR count). The molecule has 16 heavy (non-hydrogen) atoms. The third-order valence-corrected chi connectivity index (χ3v) is 2.89. The Morgan fingerprint density at radius 1 is 1.25 bits per heavy atom. The van der Waals surface area contributed by atoms with Gasteiger partial charge in [0, 0.05) is 6.04 Å². The molecule has 2 atom stereocenters. The molecular formula is C14H23NO. The van der Waals surface area contributed by atoms with Crippen LogP contribution in [0.3, 0.4) is 0 Å². The van der Waals surface area contributed by atoms with Crippen LogP contribution in [0.25, 0.3) is 0 Å². The minimum Gasteiger partial charge on any atom is -0.387 e. The van der Waals surface area contributed by atoms with E-state index in [0.29, 0.717) is 5.92 Å². The summed E-state index contributed by atoms with van der Waals surface area (Å²) in [6.07, 6.45) is 0.289. The lowest BCUT2D eigenvalue weighted by molar-refractivity contribution is 0.135. The molecule has 0 spiro atoms. The Morgan fingerprint density at radius 2 is 1.88 bits per heavy atom. The summed E-state index contributed by atoms with van der Waals surface area (Å²) in [6.45, 7) is 8.31. The van der Waals surface area contributed by atoms with Gasteiger partial charge in [-0.1, -0.05) is 37.6 Å². The molecule has 0 aliphatic heterocycles. The number of nitrogens with two attached hydrogens (primary N) is 1. The van der Waals surface area contributed by atoms with E-state index in [1.165, 1.54) is 5.56 Å². The maximum atomic E-state index is 10.2. The Labute approximate surface area is 98.5 Å². The van der Waals surface area contributed by atoms with E-state index < -0.39 is 6.10 Å². The molecule has 2 unspecified atom stereocenters.